The first kappa shape index (κ1) is 35.1. The number of benzene rings is 4. The van der Waals surface area contributed by atoms with E-state index in [1.165, 1.54) is 146 Å². The van der Waals surface area contributed by atoms with Crippen LogP contribution in [0, 0.1) is 0 Å². The lowest BCUT2D eigenvalue weighted by Gasteiger charge is -2.32. The van der Waals surface area contributed by atoms with Gasteiger partial charge >= 0.3 is 0 Å². The Hall–Kier alpha value is -5.09. The number of anilines is 2. The van der Waals surface area contributed by atoms with Crippen molar-refractivity contribution in [2.24, 2.45) is 0 Å². The first-order chi connectivity index (χ1) is 28.3. The van der Waals surface area contributed by atoms with Crippen LogP contribution >= 0.6 is 0 Å². The van der Waals surface area contributed by atoms with Crippen LogP contribution < -0.4 is 4.90 Å². The summed E-state index contributed by atoms with van der Waals surface area (Å²) in [4.78, 5) is 8.45. The molecule has 4 aliphatic rings. The number of pyridine rings is 1. The Balaban J connectivity index is 1.09. The molecular formula is C53H56N4. The maximum absolute atomic E-state index is 5.75. The molecule has 1 aliphatic heterocycles. The number of rotatable bonds is 4. The normalized spacial score (nSPS) is 20.0. The van der Waals surface area contributed by atoms with E-state index in [1.54, 1.807) is 16.7 Å². The van der Waals surface area contributed by atoms with E-state index in [9.17, 15) is 0 Å². The summed E-state index contributed by atoms with van der Waals surface area (Å²) >= 11 is 0. The van der Waals surface area contributed by atoms with Gasteiger partial charge in [-0.2, -0.15) is 0 Å². The molecule has 0 saturated heterocycles. The van der Waals surface area contributed by atoms with Crippen molar-refractivity contribution < 1.29 is 0 Å². The molecule has 3 aliphatic carbocycles. The Bertz CT molecular complexity index is 2450. The molecule has 57 heavy (non-hydrogen) atoms. The van der Waals surface area contributed by atoms with E-state index < -0.39 is 0 Å². The molecule has 0 amide bonds. The Kier molecular flexibility index (Phi) is 9.25. The zero-order valence-electron chi connectivity index (χ0n) is 33.6. The monoisotopic (exact) mass is 748 g/mol. The lowest BCUT2D eigenvalue weighted by molar-refractivity contribution is 0.419. The smallest absolute Gasteiger partial charge is 0.140 e. The van der Waals surface area contributed by atoms with Crippen LogP contribution in [0.1, 0.15) is 124 Å². The molecule has 0 N–H and O–H groups in total. The van der Waals surface area contributed by atoms with Crippen molar-refractivity contribution in [2.75, 3.05) is 4.90 Å². The van der Waals surface area contributed by atoms with Gasteiger partial charge in [0.1, 0.15) is 11.6 Å². The Morgan fingerprint density at radius 3 is 1.61 bits per heavy atom. The van der Waals surface area contributed by atoms with Crippen molar-refractivity contribution in [1.29, 1.82) is 0 Å². The van der Waals surface area contributed by atoms with Gasteiger partial charge in [-0.05, 0) is 134 Å². The maximum Gasteiger partial charge on any atom is 0.140 e. The van der Waals surface area contributed by atoms with Crippen LogP contribution in [0.25, 0.3) is 44.6 Å². The van der Waals surface area contributed by atoms with E-state index in [1.807, 2.05) is 0 Å². The van der Waals surface area contributed by atoms with Crippen LogP contribution in [0.3, 0.4) is 0 Å². The second kappa shape index (κ2) is 15.0. The molecule has 288 valence electrons. The van der Waals surface area contributed by atoms with E-state index in [-0.39, 0.29) is 0 Å². The van der Waals surface area contributed by atoms with Crippen LogP contribution in [0.5, 0.6) is 0 Å². The molecule has 3 aromatic heterocycles. The lowest BCUT2D eigenvalue weighted by Crippen LogP contribution is -2.30. The van der Waals surface area contributed by atoms with Gasteiger partial charge in [0, 0.05) is 45.5 Å². The molecule has 2 unspecified atom stereocenters. The van der Waals surface area contributed by atoms with Crippen molar-refractivity contribution in [3.8, 4) is 22.8 Å². The molecule has 0 spiro atoms. The number of aryl methyl sites for hydroxylation is 2. The highest BCUT2D eigenvalue weighted by Gasteiger charge is 2.38. The predicted molar refractivity (Wildman–Crippen MR) is 238 cm³/mol. The number of aromatic nitrogens is 3. The van der Waals surface area contributed by atoms with Crippen LogP contribution in [-0.4, -0.2) is 20.2 Å². The summed E-state index contributed by atoms with van der Waals surface area (Å²) in [5.74, 6) is 2.72. The summed E-state index contributed by atoms with van der Waals surface area (Å²) < 4.78 is 5.12. The second-order valence-electron chi connectivity index (χ2n) is 17.6. The molecule has 2 atom stereocenters. The molecule has 1 fully saturated rings. The van der Waals surface area contributed by atoms with Crippen molar-refractivity contribution in [1.82, 2.24) is 14.1 Å². The highest BCUT2D eigenvalue weighted by atomic mass is 15.2. The average Bonchev–Trinajstić information content (AvgIpc) is 3.81. The third-order valence-electron chi connectivity index (χ3n) is 14.2. The van der Waals surface area contributed by atoms with Crippen molar-refractivity contribution in [3.63, 3.8) is 0 Å². The van der Waals surface area contributed by atoms with Crippen LogP contribution in [0.15, 0.2) is 109 Å². The van der Waals surface area contributed by atoms with Gasteiger partial charge in [0.05, 0.1) is 11.0 Å². The molecular weight excluding hydrogens is 693 g/mol. The molecule has 7 aromatic rings. The number of nitrogens with zero attached hydrogens (tertiary/aromatic N) is 4. The summed E-state index contributed by atoms with van der Waals surface area (Å²) in [6.45, 7) is 0. The number of para-hydroxylation sites is 3. The SMILES string of the molecule is c1ccc2c(c1)C1CCCCCCC1N2c1ccc(-c2cc(-n3c4c(c5ccccc53)CCCCCC4)nc(-n3c4c(c5ccccc53)CCCCCC4)c2)cc1. The molecule has 4 heteroatoms. The summed E-state index contributed by atoms with van der Waals surface area (Å²) in [7, 11) is 0. The van der Waals surface area contributed by atoms with Gasteiger partial charge in [-0.3, -0.25) is 9.13 Å². The van der Waals surface area contributed by atoms with E-state index in [0.717, 1.165) is 37.3 Å². The van der Waals surface area contributed by atoms with E-state index in [2.05, 4.69) is 123 Å². The van der Waals surface area contributed by atoms with Gasteiger partial charge in [-0.25, -0.2) is 4.98 Å². The zero-order chi connectivity index (χ0) is 37.7. The van der Waals surface area contributed by atoms with Crippen LogP contribution in [0.2, 0.25) is 0 Å². The first-order valence-electron chi connectivity index (χ1n) is 22.6. The molecule has 11 rings (SSSR count). The van der Waals surface area contributed by atoms with Gasteiger partial charge in [-0.15, -0.1) is 0 Å². The number of hydrogen-bond donors (Lipinski definition) is 0. The summed E-state index contributed by atoms with van der Waals surface area (Å²) in [6.07, 6.45) is 22.7. The van der Waals surface area contributed by atoms with Crippen molar-refractivity contribution in [3.05, 3.63) is 137 Å². The fraction of sp³-hybridized carbons (Fsp3) is 0.377. The minimum atomic E-state index is 0.538. The zero-order valence-corrected chi connectivity index (χ0v) is 33.6. The predicted octanol–water partition coefficient (Wildman–Crippen LogP) is 13.9. The van der Waals surface area contributed by atoms with Crippen LogP contribution in [0.4, 0.5) is 11.4 Å². The minimum absolute atomic E-state index is 0.538. The summed E-state index contributed by atoms with van der Waals surface area (Å²) in [5.41, 5.74) is 15.4. The third kappa shape index (κ3) is 6.13. The number of hydrogen-bond acceptors (Lipinski definition) is 2. The van der Waals surface area contributed by atoms with Gasteiger partial charge in [0.2, 0.25) is 0 Å². The van der Waals surface area contributed by atoms with Crippen molar-refractivity contribution >= 4 is 33.2 Å². The molecule has 4 aromatic carbocycles. The molecule has 1 saturated carbocycles. The second-order valence-corrected chi connectivity index (χ2v) is 17.6. The number of fused-ring (bicyclic) bond motifs is 9. The van der Waals surface area contributed by atoms with E-state index in [0.29, 0.717) is 12.0 Å². The molecule has 0 radical (unpaired) electrons. The molecule has 4 heterocycles. The molecule has 0 bridgehead atoms. The van der Waals surface area contributed by atoms with Gasteiger partial charge < -0.3 is 4.90 Å². The highest BCUT2D eigenvalue weighted by molar-refractivity contribution is 5.89. The van der Waals surface area contributed by atoms with Gasteiger partial charge in [-0.1, -0.05) is 118 Å². The Morgan fingerprint density at radius 2 is 0.982 bits per heavy atom. The minimum Gasteiger partial charge on any atom is -0.338 e. The Morgan fingerprint density at radius 1 is 0.456 bits per heavy atom. The van der Waals surface area contributed by atoms with Crippen LogP contribution in [-0.2, 0) is 25.7 Å². The standard InChI is InChI=1S/C53H56N4/c1-4-10-25-46-40(19-7-1)41-22-13-16-28-47(41)55(46)39-33-31-37(32-34-39)38-35-52(56-48-26-11-5-2-8-20-42(48)44-23-14-17-29-50(44)56)54-53(36-38)57-49-27-12-6-3-9-21-43(49)45-24-15-18-30-51(45)57/h13-18,22-24,28-36,40,46H,1-12,19-21,25-27H2. The van der Waals surface area contributed by atoms with Gasteiger partial charge in [0.15, 0.2) is 0 Å². The van der Waals surface area contributed by atoms with E-state index >= 15 is 0 Å². The summed E-state index contributed by atoms with van der Waals surface area (Å²) in [5, 5.41) is 2.81. The third-order valence-corrected chi connectivity index (χ3v) is 14.2. The average molecular weight is 749 g/mol. The van der Waals surface area contributed by atoms with Crippen molar-refractivity contribution in [2.45, 2.75) is 128 Å². The fourth-order valence-corrected chi connectivity index (χ4v) is 11.6. The highest BCUT2D eigenvalue weighted by Crippen LogP contribution is 2.50. The fourth-order valence-electron chi connectivity index (χ4n) is 11.6. The lowest BCUT2D eigenvalue weighted by atomic mass is 9.84. The quantitative estimate of drug-likeness (QED) is 0.179. The first-order valence-corrected chi connectivity index (χ1v) is 22.6. The van der Waals surface area contributed by atoms with Gasteiger partial charge in [0.25, 0.3) is 0 Å². The topological polar surface area (TPSA) is 26.0 Å². The maximum atomic E-state index is 5.75. The molecule has 4 nitrogen and oxygen atoms in total. The van der Waals surface area contributed by atoms with E-state index in [4.69, 9.17) is 4.98 Å². The largest absolute Gasteiger partial charge is 0.338 e. The summed E-state index contributed by atoms with van der Waals surface area (Å²) in [6, 6.07) is 42.5. The Labute approximate surface area is 338 Å².